The number of nitrogens with one attached hydrogen (secondary N) is 1. The largest absolute Gasteiger partial charge is 0.377 e. The molecule has 0 saturated carbocycles. The van der Waals surface area contributed by atoms with Crippen LogP contribution in [0.2, 0.25) is 0 Å². The van der Waals surface area contributed by atoms with Gasteiger partial charge in [0.15, 0.2) is 0 Å². The summed E-state index contributed by atoms with van der Waals surface area (Å²) in [6, 6.07) is 7.68. The SMILES string of the molecule is CCOCc1ccccc1CNS(=O)(=O)CC. The summed E-state index contributed by atoms with van der Waals surface area (Å²) >= 11 is 0. The van der Waals surface area contributed by atoms with Crippen LogP contribution >= 0.6 is 0 Å². The van der Waals surface area contributed by atoms with Gasteiger partial charge in [-0.1, -0.05) is 24.3 Å². The van der Waals surface area contributed by atoms with E-state index in [0.717, 1.165) is 11.1 Å². The minimum atomic E-state index is -3.15. The highest BCUT2D eigenvalue weighted by atomic mass is 32.2. The Morgan fingerprint density at radius 2 is 1.82 bits per heavy atom. The Bertz CT molecular complexity index is 443. The van der Waals surface area contributed by atoms with Crippen LogP contribution in [0.25, 0.3) is 0 Å². The van der Waals surface area contributed by atoms with Gasteiger partial charge in [-0.2, -0.15) is 0 Å². The van der Waals surface area contributed by atoms with Gasteiger partial charge < -0.3 is 4.74 Å². The molecule has 0 atom stereocenters. The first-order chi connectivity index (χ1) is 8.09. The van der Waals surface area contributed by atoms with Gasteiger partial charge in [0.2, 0.25) is 10.0 Å². The molecule has 1 rings (SSSR count). The van der Waals surface area contributed by atoms with Crippen molar-refractivity contribution in [3.05, 3.63) is 35.4 Å². The molecule has 1 N–H and O–H groups in total. The molecule has 0 aliphatic rings. The van der Waals surface area contributed by atoms with Crippen molar-refractivity contribution in [2.45, 2.75) is 27.0 Å². The standard InChI is InChI=1S/C12H19NO3S/c1-3-16-10-12-8-6-5-7-11(12)9-13-17(14,15)4-2/h5-8,13H,3-4,9-10H2,1-2H3. The molecule has 4 nitrogen and oxygen atoms in total. The highest BCUT2D eigenvalue weighted by Crippen LogP contribution is 2.10. The third-order valence-corrected chi connectivity index (χ3v) is 3.79. The minimum Gasteiger partial charge on any atom is -0.377 e. The molecule has 96 valence electrons. The maximum Gasteiger partial charge on any atom is 0.211 e. The van der Waals surface area contributed by atoms with Crippen LogP contribution in [-0.2, 0) is 27.9 Å². The second-order valence-corrected chi connectivity index (χ2v) is 5.73. The Labute approximate surface area is 103 Å². The number of sulfonamides is 1. The smallest absolute Gasteiger partial charge is 0.211 e. The summed E-state index contributed by atoms with van der Waals surface area (Å²) in [5, 5.41) is 0. The van der Waals surface area contributed by atoms with Gasteiger partial charge in [0.05, 0.1) is 12.4 Å². The highest BCUT2D eigenvalue weighted by molar-refractivity contribution is 7.89. The van der Waals surface area contributed by atoms with Crippen molar-refractivity contribution in [1.29, 1.82) is 0 Å². The van der Waals surface area contributed by atoms with E-state index in [-0.39, 0.29) is 5.75 Å². The van der Waals surface area contributed by atoms with E-state index < -0.39 is 10.0 Å². The summed E-state index contributed by atoms with van der Waals surface area (Å²) in [6.45, 7) is 5.03. The van der Waals surface area contributed by atoms with Crippen LogP contribution in [0.1, 0.15) is 25.0 Å². The molecule has 0 aromatic heterocycles. The van der Waals surface area contributed by atoms with Crippen LogP contribution in [0, 0.1) is 0 Å². The van der Waals surface area contributed by atoms with Gasteiger partial charge in [0, 0.05) is 13.2 Å². The van der Waals surface area contributed by atoms with E-state index >= 15 is 0 Å². The van der Waals surface area contributed by atoms with E-state index in [4.69, 9.17) is 4.74 Å². The van der Waals surface area contributed by atoms with E-state index in [1.54, 1.807) is 6.92 Å². The lowest BCUT2D eigenvalue weighted by molar-refractivity contribution is 0.133. The molecule has 1 aromatic carbocycles. The lowest BCUT2D eigenvalue weighted by Crippen LogP contribution is -2.25. The molecule has 0 spiro atoms. The summed E-state index contributed by atoms with van der Waals surface area (Å²) in [5.74, 6) is 0.0978. The highest BCUT2D eigenvalue weighted by Gasteiger charge is 2.08. The van der Waals surface area contributed by atoms with Crippen molar-refractivity contribution < 1.29 is 13.2 Å². The first-order valence-electron chi connectivity index (χ1n) is 5.71. The molecule has 0 saturated heterocycles. The van der Waals surface area contributed by atoms with Crippen molar-refractivity contribution in [3.8, 4) is 0 Å². The second-order valence-electron chi connectivity index (χ2n) is 3.63. The number of benzene rings is 1. The van der Waals surface area contributed by atoms with E-state index in [1.807, 2.05) is 31.2 Å². The number of rotatable bonds is 7. The van der Waals surface area contributed by atoms with Crippen LogP contribution in [0.5, 0.6) is 0 Å². The van der Waals surface area contributed by atoms with Gasteiger partial charge in [0.25, 0.3) is 0 Å². The predicted octanol–water partition coefficient (Wildman–Crippen LogP) is 1.66. The molecule has 5 heteroatoms. The van der Waals surface area contributed by atoms with Gasteiger partial charge >= 0.3 is 0 Å². The van der Waals surface area contributed by atoms with Crippen molar-refractivity contribution in [3.63, 3.8) is 0 Å². The summed E-state index contributed by atoms with van der Waals surface area (Å²) < 4.78 is 30.6. The molecule has 0 aliphatic heterocycles. The van der Waals surface area contributed by atoms with E-state index in [9.17, 15) is 8.42 Å². The molecular weight excluding hydrogens is 238 g/mol. The Kier molecular flexibility index (Phi) is 5.61. The van der Waals surface area contributed by atoms with E-state index in [2.05, 4.69) is 4.72 Å². The summed E-state index contributed by atoms with van der Waals surface area (Å²) in [5.41, 5.74) is 1.98. The Hall–Kier alpha value is -0.910. The molecule has 0 fully saturated rings. The zero-order valence-electron chi connectivity index (χ0n) is 10.3. The van der Waals surface area contributed by atoms with Gasteiger partial charge in [-0.05, 0) is 25.0 Å². The second kappa shape index (κ2) is 6.74. The first-order valence-corrected chi connectivity index (χ1v) is 7.36. The topological polar surface area (TPSA) is 55.4 Å². The molecule has 0 aliphatic carbocycles. The molecule has 17 heavy (non-hydrogen) atoms. The lowest BCUT2D eigenvalue weighted by atomic mass is 10.1. The third-order valence-electron chi connectivity index (χ3n) is 2.44. The van der Waals surface area contributed by atoms with Crippen molar-refractivity contribution in [1.82, 2.24) is 4.72 Å². The lowest BCUT2D eigenvalue weighted by Gasteiger charge is -2.10. The van der Waals surface area contributed by atoms with Crippen LogP contribution < -0.4 is 4.72 Å². The average Bonchev–Trinajstić information content (AvgIpc) is 2.35. The number of hydrogen-bond donors (Lipinski definition) is 1. The molecular formula is C12H19NO3S. The number of hydrogen-bond acceptors (Lipinski definition) is 3. The van der Waals surface area contributed by atoms with Crippen LogP contribution in [0.15, 0.2) is 24.3 Å². The maximum atomic E-state index is 11.4. The molecule has 0 heterocycles. The molecule has 0 radical (unpaired) electrons. The zero-order valence-corrected chi connectivity index (χ0v) is 11.1. The normalized spacial score (nSPS) is 11.6. The Morgan fingerprint density at radius 3 is 2.41 bits per heavy atom. The van der Waals surface area contributed by atoms with Crippen LogP contribution in [-0.4, -0.2) is 20.8 Å². The monoisotopic (exact) mass is 257 g/mol. The van der Waals surface area contributed by atoms with Gasteiger partial charge in [-0.25, -0.2) is 13.1 Å². The zero-order chi connectivity index (χ0) is 12.7. The van der Waals surface area contributed by atoms with Gasteiger partial charge in [-0.3, -0.25) is 0 Å². The Balaban J connectivity index is 2.70. The molecule has 0 unspecified atom stereocenters. The molecule has 0 bridgehead atoms. The minimum absolute atomic E-state index is 0.0978. The van der Waals surface area contributed by atoms with Crippen molar-refractivity contribution >= 4 is 10.0 Å². The van der Waals surface area contributed by atoms with Gasteiger partial charge in [-0.15, -0.1) is 0 Å². The van der Waals surface area contributed by atoms with Crippen LogP contribution in [0.4, 0.5) is 0 Å². The van der Waals surface area contributed by atoms with Crippen molar-refractivity contribution in [2.75, 3.05) is 12.4 Å². The predicted molar refractivity (Wildman–Crippen MR) is 68.1 cm³/mol. The quantitative estimate of drug-likeness (QED) is 0.808. The van der Waals surface area contributed by atoms with Crippen LogP contribution in [0.3, 0.4) is 0 Å². The summed E-state index contributed by atoms with van der Waals surface area (Å²) in [4.78, 5) is 0. The average molecular weight is 257 g/mol. The van der Waals surface area contributed by atoms with E-state index in [0.29, 0.717) is 19.8 Å². The fourth-order valence-electron chi connectivity index (χ4n) is 1.37. The summed E-state index contributed by atoms with van der Waals surface area (Å²) in [6.07, 6.45) is 0. The third kappa shape index (κ3) is 4.85. The van der Waals surface area contributed by atoms with Crippen molar-refractivity contribution in [2.24, 2.45) is 0 Å². The fraction of sp³-hybridized carbons (Fsp3) is 0.500. The first kappa shape index (κ1) is 14.2. The molecule has 0 amide bonds. The molecule has 1 aromatic rings. The Morgan fingerprint density at radius 1 is 1.18 bits per heavy atom. The number of ether oxygens (including phenoxy) is 1. The summed E-state index contributed by atoms with van der Waals surface area (Å²) in [7, 11) is -3.15. The van der Waals surface area contributed by atoms with E-state index in [1.165, 1.54) is 0 Å². The van der Waals surface area contributed by atoms with Gasteiger partial charge in [0.1, 0.15) is 0 Å². The maximum absolute atomic E-state index is 11.4. The fourth-order valence-corrected chi connectivity index (χ4v) is 1.95.